The Morgan fingerprint density at radius 2 is 1.42 bits per heavy atom. The highest BCUT2D eigenvalue weighted by Gasteiger charge is 2.07. The van der Waals surface area contributed by atoms with Gasteiger partial charge in [-0.3, -0.25) is 4.21 Å². The van der Waals surface area contributed by atoms with Crippen LogP contribution in [-0.2, 0) is 10.8 Å². The average Bonchev–Trinajstić information content (AvgIpc) is 2.40. The third-order valence-electron chi connectivity index (χ3n) is 3.29. The van der Waals surface area contributed by atoms with E-state index in [0.717, 1.165) is 12.2 Å². The van der Waals surface area contributed by atoms with E-state index in [2.05, 4.69) is 6.92 Å². The van der Waals surface area contributed by atoms with Crippen LogP contribution in [0.5, 0.6) is 0 Å². The number of alkyl halides is 1. The van der Waals surface area contributed by atoms with Crippen molar-refractivity contribution < 1.29 is 9.32 Å². The topological polar surface area (TPSA) is 37.3 Å². The monoisotopic (exact) mass is 310 g/mol. The summed E-state index contributed by atoms with van der Waals surface area (Å²) in [5, 5.41) is 8.42. The predicted molar refractivity (Wildman–Crippen MR) is 86.4 cm³/mol. The van der Waals surface area contributed by atoms with Crippen LogP contribution in [0.1, 0.15) is 71.1 Å². The molecule has 0 saturated carbocycles. The molecule has 0 bridgehead atoms. The van der Waals surface area contributed by atoms with E-state index in [1.807, 2.05) is 0 Å². The SMILES string of the molecule is CCCCCCCCCCCC[S@@](=O)C[C@H](Cl)CO. The van der Waals surface area contributed by atoms with E-state index in [1.54, 1.807) is 0 Å². The highest BCUT2D eigenvalue weighted by Crippen LogP contribution is 2.11. The standard InChI is InChI=1S/C15H31ClO2S/c1-2-3-4-5-6-7-8-9-10-11-12-19(18)14-15(16)13-17/h15,17H,2-14H2,1H3/t15-,19-/m1/s1. The summed E-state index contributed by atoms with van der Waals surface area (Å²) in [6.07, 6.45) is 13.0. The largest absolute Gasteiger partial charge is 0.395 e. The molecule has 116 valence electrons. The highest BCUT2D eigenvalue weighted by molar-refractivity contribution is 7.85. The second-order valence-electron chi connectivity index (χ2n) is 5.27. The summed E-state index contributed by atoms with van der Waals surface area (Å²) in [5.74, 6) is 1.16. The minimum Gasteiger partial charge on any atom is -0.395 e. The smallest absolute Gasteiger partial charge is 0.0682 e. The van der Waals surface area contributed by atoms with E-state index in [4.69, 9.17) is 16.7 Å². The van der Waals surface area contributed by atoms with Crippen molar-refractivity contribution in [1.82, 2.24) is 0 Å². The number of hydrogen-bond donors (Lipinski definition) is 1. The molecule has 19 heavy (non-hydrogen) atoms. The molecule has 0 aromatic carbocycles. The Balaban J connectivity index is 3.16. The van der Waals surface area contributed by atoms with E-state index in [9.17, 15) is 4.21 Å². The van der Waals surface area contributed by atoms with Crippen molar-refractivity contribution >= 4 is 22.4 Å². The molecule has 0 heterocycles. The van der Waals surface area contributed by atoms with E-state index >= 15 is 0 Å². The molecule has 2 atom stereocenters. The number of aliphatic hydroxyl groups is 1. The van der Waals surface area contributed by atoms with Gasteiger partial charge in [-0.05, 0) is 6.42 Å². The van der Waals surface area contributed by atoms with Gasteiger partial charge in [0.05, 0.1) is 12.0 Å². The van der Waals surface area contributed by atoms with Crippen molar-refractivity contribution in [1.29, 1.82) is 0 Å². The van der Waals surface area contributed by atoms with Gasteiger partial charge in [-0.2, -0.15) is 0 Å². The van der Waals surface area contributed by atoms with Gasteiger partial charge >= 0.3 is 0 Å². The Morgan fingerprint density at radius 1 is 0.947 bits per heavy atom. The predicted octanol–water partition coefficient (Wildman–Crippen LogP) is 4.26. The third kappa shape index (κ3) is 14.6. The number of unbranched alkanes of at least 4 members (excludes halogenated alkanes) is 9. The number of hydrogen-bond acceptors (Lipinski definition) is 2. The van der Waals surface area contributed by atoms with E-state index < -0.39 is 10.8 Å². The van der Waals surface area contributed by atoms with Crippen LogP contribution in [0.2, 0.25) is 0 Å². The molecule has 0 unspecified atom stereocenters. The Labute approximate surface area is 126 Å². The minimum atomic E-state index is -0.855. The second kappa shape index (κ2) is 14.8. The lowest BCUT2D eigenvalue weighted by atomic mass is 10.1. The summed E-state index contributed by atoms with van der Waals surface area (Å²) in [5.41, 5.74) is 0. The van der Waals surface area contributed by atoms with Crippen molar-refractivity contribution in [3.8, 4) is 0 Å². The molecule has 0 aliphatic carbocycles. The summed E-state index contributed by atoms with van der Waals surface area (Å²) in [7, 11) is -0.855. The Kier molecular flexibility index (Phi) is 15.1. The zero-order chi connectivity index (χ0) is 14.3. The van der Waals surface area contributed by atoms with Crippen LogP contribution < -0.4 is 0 Å². The summed E-state index contributed by atoms with van der Waals surface area (Å²) in [6.45, 7) is 2.17. The Bertz CT molecular complexity index is 212. The first-order valence-corrected chi connectivity index (χ1v) is 9.73. The average molecular weight is 311 g/mol. The third-order valence-corrected chi connectivity index (χ3v) is 5.28. The summed E-state index contributed by atoms with van der Waals surface area (Å²) in [6, 6.07) is 0. The van der Waals surface area contributed by atoms with E-state index in [0.29, 0.717) is 5.75 Å². The summed E-state index contributed by atoms with van der Waals surface area (Å²) >= 11 is 5.75. The quantitative estimate of drug-likeness (QED) is 0.384. The maximum absolute atomic E-state index is 11.6. The van der Waals surface area contributed by atoms with Crippen molar-refractivity contribution in [2.45, 2.75) is 76.5 Å². The van der Waals surface area contributed by atoms with Crippen LogP contribution in [0.15, 0.2) is 0 Å². The van der Waals surface area contributed by atoms with Gasteiger partial charge in [-0.15, -0.1) is 11.6 Å². The van der Waals surface area contributed by atoms with Gasteiger partial charge in [0.25, 0.3) is 0 Å². The van der Waals surface area contributed by atoms with Gasteiger partial charge in [0.1, 0.15) is 0 Å². The number of halogens is 1. The van der Waals surface area contributed by atoms with E-state index in [1.165, 1.54) is 57.8 Å². The second-order valence-corrected chi connectivity index (χ2v) is 7.51. The minimum absolute atomic E-state index is 0.0780. The lowest BCUT2D eigenvalue weighted by molar-refractivity contribution is 0.299. The molecular weight excluding hydrogens is 280 g/mol. The van der Waals surface area contributed by atoms with Crippen LogP contribution in [0, 0.1) is 0 Å². The maximum Gasteiger partial charge on any atom is 0.0682 e. The first kappa shape index (κ1) is 19.4. The fraction of sp³-hybridized carbons (Fsp3) is 1.00. The van der Waals surface area contributed by atoms with Crippen LogP contribution in [0.4, 0.5) is 0 Å². The zero-order valence-electron chi connectivity index (χ0n) is 12.4. The lowest BCUT2D eigenvalue weighted by Gasteiger charge is -2.06. The van der Waals surface area contributed by atoms with Gasteiger partial charge in [-0.1, -0.05) is 64.7 Å². The molecule has 0 radical (unpaired) electrons. The van der Waals surface area contributed by atoms with Gasteiger partial charge in [-0.25, -0.2) is 0 Å². The number of aliphatic hydroxyl groups excluding tert-OH is 1. The molecule has 0 rings (SSSR count). The Hall–Kier alpha value is 0.400. The fourth-order valence-electron chi connectivity index (χ4n) is 2.09. The lowest BCUT2D eigenvalue weighted by Crippen LogP contribution is -2.16. The molecule has 0 fully saturated rings. The van der Waals surface area contributed by atoms with Crippen molar-refractivity contribution in [2.24, 2.45) is 0 Å². The van der Waals surface area contributed by atoms with Crippen molar-refractivity contribution in [2.75, 3.05) is 18.1 Å². The van der Waals surface area contributed by atoms with Crippen LogP contribution >= 0.6 is 11.6 Å². The first-order chi connectivity index (χ1) is 9.20. The molecule has 4 heteroatoms. The molecule has 2 nitrogen and oxygen atoms in total. The molecule has 0 aliphatic rings. The maximum atomic E-state index is 11.6. The van der Waals surface area contributed by atoms with Crippen LogP contribution in [0.25, 0.3) is 0 Å². The van der Waals surface area contributed by atoms with Crippen LogP contribution in [-0.4, -0.2) is 32.8 Å². The molecule has 1 N–H and O–H groups in total. The summed E-state index contributed by atoms with van der Waals surface area (Å²) in [4.78, 5) is 0. The Morgan fingerprint density at radius 3 is 1.89 bits per heavy atom. The molecule has 0 aromatic heterocycles. The molecular formula is C15H31ClO2S. The van der Waals surface area contributed by atoms with Gasteiger partial charge in [0.2, 0.25) is 0 Å². The molecule has 0 aliphatic heterocycles. The van der Waals surface area contributed by atoms with Gasteiger partial charge in [0, 0.05) is 22.3 Å². The van der Waals surface area contributed by atoms with Crippen LogP contribution in [0.3, 0.4) is 0 Å². The van der Waals surface area contributed by atoms with E-state index in [-0.39, 0.29) is 12.0 Å². The van der Waals surface area contributed by atoms with Gasteiger partial charge < -0.3 is 5.11 Å². The van der Waals surface area contributed by atoms with Gasteiger partial charge in [0.15, 0.2) is 0 Å². The first-order valence-electron chi connectivity index (χ1n) is 7.80. The normalized spacial score (nSPS) is 14.5. The fourth-order valence-corrected chi connectivity index (χ4v) is 3.71. The highest BCUT2D eigenvalue weighted by atomic mass is 35.5. The summed E-state index contributed by atoms with van der Waals surface area (Å²) < 4.78 is 11.6. The molecule has 0 amide bonds. The van der Waals surface area contributed by atoms with Crippen molar-refractivity contribution in [3.63, 3.8) is 0 Å². The zero-order valence-corrected chi connectivity index (χ0v) is 14.0. The number of rotatable bonds is 14. The molecule has 0 spiro atoms. The molecule has 0 aromatic rings. The molecule has 0 saturated heterocycles. The van der Waals surface area contributed by atoms with Crippen molar-refractivity contribution in [3.05, 3.63) is 0 Å².